The van der Waals surface area contributed by atoms with Crippen LogP contribution in [0.5, 0.6) is 5.75 Å². The summed E-state index contributed by atoms with van der Waals surface area (Å²) < 4.78 is 5.16. The highest BCUT2D eigenvalue weighted by Gasteiger charge is 1.99. The van der Waals surface area contributed by atoms with Crippen LogP contribution in [0.2, 0.25) is 0 Å². The minimum absolute atomic E-state index is 0.690. The van der Waals surface area contributed by atoms with E-state index in [2.05, 4.69) is 39.7 Å². The lowest BCUT2D eigenvalue weighted by Gasteiger charge is -2.08. The zero-order chi connectivity index (χ0) is 16.3. The number of anilines is 2. The van der Waals surface area contributed by atoms with E-state index in [0.717, 1.165) is 37.5 Å². The van der Waals surface area contributed by atoms with Crippen molar-refractivity contribution in [1.82, 2.24) is 9.97 Å². The van der Waals surface area contributed by atoms with Gasteiger partial charge in [0.25, 0.3) is 0 Å². The van der Waals surface area contributed by atoms with Crippen LogP contribution < -0.4 is 15.4 Å². The molecule has 2 rings (SSSR count). The first-order valence-electron chi connectivity index (χ1n) is 8.25. The second-order valence-electron chi connectivity index (χ2n) is 5.42. The predicted molar refractivity (Wildman–Crippen MR) is 95.2 cm³/mol. The van der Waals surface area contributed by atoms with Gasteiger partial charge >= 0.3 is 0 Å². The highest BCUT2D eigenvalue weighted by atomic mass is 16.5. The van der Waals surface area contributed by atoms with Gasteiger partial charge in [-0.25, -0.2) is 4.98 Å². The van der Waals surface area contributed by atoms with E-state index in [9.17, 15) is 0 Å². The molecule has 0 spiro atoms. The summed E-state index contributed by atoms with van der Waals surface area (Å²) in [7, 11) is 1.68. The van der Waals surface area contributed by atoms with Crippen LogP contribution >= 0.6 is 0 Å². The summed E-state index contributed by atoms with van der Waals surface area (Å²) in [5, 5.41) is 6.61. The first-order chi connectivity index (χ1) is 11.3. The van der Waals surface area contributed by atoms with E-state index in [4.69, 9.17) is 4.74 Å². The minimum Gasteiger partial charge on any atom is -0.497 e. The Bertz CT molecular complexity index is 571. The number of benzene rings is 1. The van der Waals surface area contributed by atoms with Gasteiger partial charge in [0.1, 0.15) is 11.6 Å². The van der Waals surface area contributed by atoms with Gasteiger partial charge in [-0.1, -0.05) is 31.9 Å². The van der Waals surface area contributed by atoms with Crippen molar-refractivity contribution >= 4 is 11.8 Å². The number of nitrogens with zero attached hydrogens (tertiary/aromatic N) is 2. The third-order valence-corrected chi connectivity index (χ3v) is 3.60. The van der Waals surface area contributed by atoms with Crippen LogP contribution in [-0.2, 0) is 6.42 Å². The van der Waals surface area contributed by atoms with Crippen LogP contribution in [-0.4, -0.2) is 30.2 Å². The quantitative estimate of drug-likeness (QED) is 0.654. The van der Waals surface area contributed by atoms with Crippen molar-refractivity contribution in [3.8, 4) is 5.75 Å². The summed E-state index contributed by atoms with van der Waals surface area (Å²) in [5.41, 5.74) is 1.27. The first kappa shape index (κ1) is 17.1. The molecule has 5 heteroatoms. The summed E-state index contributed by atoms with van der Waals surface area (Å²) in [4.78, 5) is 8.72. The number of hydrogen-bond acceptors (Lipinski definition) is 5. The molecule has 0 saturated carbocycles. The van der Waals surface area contributed by atoms with Crippen LogP contribution in [0, 0.1) is 0 Å². The molecule has 2 aromatic rings. The Labute approximate surface area is 138 Å². The maximum absolute atomic E-state index is 5.16. The Morgan fingerprint density at radius 1 is 1.00 bits per heavy atom. The predicted octanol–water partition coefficient (Wildman–Crippen LogP) is 3.74. The normalized spacial score (nSPS) is 10.3. The standard InChI is InChI=1S/C18H26N4O/c1-3-4-5-12-20-18-21-14-11-17(22-18)19-13-10-15-6-8-16(23-2)9-7-15/h6-9,11,14H,3-5,10,12-13H2,1-2H3,(H2,19,20,21,22). The van der Waals surface area contributed by atoms with E-state index < -0.39 is 0 Å². The average Bonchev–Trinajstić information content (AvgIpc) is 2.60. The zero-order valence-corrected chi connectivity index (χ0v) is 14.0. The Balaban J connectivity index is 1.76. The van der Waals surface area contributed by atoms with Gasteiger partial charge in [-0.2, -0.15) is 4.98 Å². The van der Waals surface area contributed by atoms with Crippen molar-refractivity contribution in [2.75, 3.05) is 30.8 Å². The van der Waals surface area contributed by atoms with Crippen LogP contribution in [0.4, 0.5) is 11.8 Å². The lowest BCUT2D eigenvalue weighted by atomic mass is 10.1. The molecule has 0 aliphatic carbocycles. The molecule has 2 N–H and O–H groups in total. The van der Waals surface area contributed by atoms with Crippen molar-refractivity contribution in [3.05, 3.63) is 42.1 Å². The van der Waals surface area contributed by atoms with Gasteiger partial charge in [0.05, 0.1) is 7.11 Å². The van der Waals surface area contributed by atoms with Crippen LogP contribution in [0.1, 0.15) is 31.7 Å². The average molecular weight is 314 g/mol. The number of aromatic nitrogens is 2. The molecule has 0 bridgehead atoms. The highest BCUT2D eigenvalue weighted by Crippen LogP contribution is 2.12. The maximum Gasteiger partial charge on any atom is 0.224 e. The molecule has 1 aromatic carbocycles. The molecule has 0 saturated heterocycles. The third-order valence-electron chi connectivity index (χ3n) is 3.60. The molecule has 0 aliphatic heterocycles. The number of hydrogen-bond donors (Lipinski definition) is 2. The highest BCUT2D eigenvalue weighted by molar-refractivity contribution is 5.39. The van der Waals surface area contributed by atoms with Crippen molar-refractivity contribution in [2.45, 2.75) is 32.6 Å². The SMILES string of the molecule is CCCCCNc1nccc(NCCc2ccc(OC)cc2)n1. The summed E-state index contributed by atoms with van der Waals surface area (Å²) in [6.07, 6.45) is 6.31. The Morgan fingerprint density at radius 3 is 2.57 bits per heavy atom. The fourth-order valence-corrected chi connectivity index (χ4v) is 2.24. The largest absolute Gasteiger partial charge is 0.497 e. The van der Waals surface area contributed by atoms with Gasteiger partial charge in [0.2, 0.25) is 5.95 Å². The number of unbranched alkanes of at least 4 members (excludes halogenated alkanes) is 2. The minimum atomic E-state index is 0.690. The lowest BCUT2D eigenvalue weighted by molar-refractivity contribution is 0.414. The van der Waals surface area contributed by atoms with E-state index in [-0.39, 0.29) is 0 Å². The molecule has 0 unspecified atom stereocenters. The van der Waals surface area contributed by atoms with Gasteiger partial charge in [0, 0.05) is 19.3 Å². The molecule has 0 atom stereocenters. The summed E-state index contributed by atoms with van der Waals surface area (Å²) in [6, 6.07) is 10.0. The monoisotopic (exact) mass is 314 g/mol. The molecule has 0 fully saturated rings. The smallest absolute Gasteiger partial charge is 0.224 e. The van der Waals surface area contributed by atoms with Crippen molar-refractivity contribution in [3.63, 3.8) is 0 Å². The molecule has 1 aromatic heterocycles. The fraction of sp³-hybridized carbons (Fsp3) is 0.444. The third kappa shape index (κ3) is 6.14. The molecular formula is C18H26N4O. The van der Waals surface area contributed by atoms with Gasteiger partial charge in [-0.05, 0) is 36.6 Å². The van der Waals surface area contributed by atoms with E-state index in [1.54, 1.807) is 13.3 Å². The molecule has 5 nitrogen and oxygen atoms in total. The summed E-state index contributed by atoms with van der Waals surface area (Å²) in [5.74, 6) is 2.43. The van der Waals surface area contributed by atoms with E-state index in [0.29, 0.717) is 5.95 Å². The lowest BCUT2D eigenvalue weighted by Crippen LogP contribution is -2.09. The number of nitrogens with one attached hydrogen (secondary N) is 2. The van der Waals surface area contributed by atoms with Gasteiger partial charge in [-0.15, -0.1) is 0 Å². The number of rotatable bonds is 10. The van der Waals surface area contributed by atoms with E-state index >= 15 is 0 Å². The molecule has 1 heterocycles. The molecule has 124 valence electrons. The Kier molecular flexibility index (Phi) is 7.17. The Morgan fingerprint density at radius 2 is 1.83 bits per heavy atom. The van der Waals surface area contributed by atoms with Gasteiger partial charge in [-0.3, -0.25) is 0 Å². The maximum atomic E-state index is 5.16. The topological polar surface area (TPSA) is 59.1 Å². The van der Waals surface area contributed by atoms with Crippen LogP contribution in [0.3, 0.4) is 0 Å². The van der Waals surface area contributed by atoms with Crippen molar-refractivity contribution in [1.29, 1.82) is 0 Å². The molecular weight excluding hydrogens is 288 g/mol. The van der Waals surface area contributed by atoms with E-state index in [1.165, 1.54) is 18.4 Å². The zero-order valence-electron chi connectivity index (χ0n) is 14.0. The summed E-state index contributed by atoms with van der Waals surface area (Å²) in [6.45, 7) is 3.95. The van der Waals surface area contributed by atoms with E-state index in [1.807, 2.05) is 18.2 Å². The second-order valence-corrected chi connectivity index (χ2v) is 5.42. The number of methoxy groups -OCH3 is 1. The van der Waals surface area contributed by atoms with Gasteiger partial charge in [0.15, 0.2) is 0 Å². The second kappa shape index (κ2) is 9.66. The fourth-order valence-electron chi connectivity index (χ4n) is 2.24. The molecule has 0 radical (unpaired) electrons. The summed E-state index contributed by atoms with van der Waals surface area (Å²) >= 11 is 0. The van der Waals surface area contributed by atoms with Crippen molar-refractivity contribution in [2.24, 2.45) is 0 Å². The van der Waals surface area contributed by atoms with Crippen molar-refractivity contribution < 1.29 is 4.74 Å². The molecule has 0 aliphatic rings. The van der Waals surface area contributed by atoms with Crippen LogP contribution in [0.15, 0.2) is 36.5 Å². The number of ether oxygens (including phenoxy) is 1. The van der Waals surface area contributed by atoms with Crippen LogP contribution in [0.25, 0.3) is 0 Å². The molecule has 23 heavy (non-hydrogen) atoms. The molecule has 0 amide bonds. The Hall–Kier alpha value is -2.30. The van der Waals surface area contributed by atoms with Gasteiger partial charge < -0.3 is 15.4 Å². The first-order valence-corrected chi connectivity index (χ1v) is 8.25.